The Morgan fingerprint density at radius 1 is 1.00 bits per heavy atom. The molecule has 0 amide bonds. The molecule has 0 radical (unpaired) electrons. The Kier molecular flexibility index (Phi) is 12.8. The molecule has 4 nitrogen and oxygen atoms in total. The molecule has 0 saturated carbocycles. The first-order valence-corrected chi connectivity index (χ1v) is 5.99. The molecular weight excluding hydrogens is 215 g/mol. The monoisotopic (exact) mass is 234 g/mol. The number of rotatable bonds is 8. The summed E-state index contributed by atoms with van der Waals surface area (Å²) in [6.07, 6.45) is 3.99. The van der Waals surface area contributed by atoms with Crippen molar-refractivity contribution >= 4 is 40.0 Å². The standard InChI is InChI=1S/C8H18O4S.Na.H/c1-3-5-6-7-8-12-13(9,10)11-4-2;;/h3-8H2,1-2H3;;. The molecule has 0 rings (SSSR count). The van der Waals surface area contributed by atoms with Crippen LogP contribution in [0.5, 0.6) is 0 Å². The number of hydrogen-bond acceptors (Lipinski definition) is 4. The molecule has 0 bridgehead atoms. The van der Waals surface area contributed by atoms with Gasteiger partial charge in [-0.3, -0.25) is 0 Å². The zero-order valence-corrected chi connectivity index (χ0v) is 9.10. The minimum atomic E-state index is -3.72. The third-order valence-corrected chi connectivity index (χ3v) is 2.47. The second kappa shape index (κ2) is 10.4. The van der Waals surface area contributed by atoms with Crippen molar-refractivity contribution < 1.29 is 16.8 Å². The van der Waals surface area contributed by atoms with E-state index in [4.69, 9.17) is 0 Å². The summed E-state index contributed by atoms with van der Waals surface area (Å²) in [6.45, 7) is 4.05. The Labute approximate surface area is 109 Å². The van der Waals surface area contributed by atoms with Gasteiger partial charge < -0.3 is 0 Å². The van der Waals surface area contributed by atoms with Gasteiger partial charge in [-0.1, -0.05) is 26.2 Å². The summed E-state index contributed by atoms with van der Waals surface area (Å²) in [4.78, 5) is 0. The Morgan fingerprint density at radius 3 is 2.14 bits per heavy atom. The van der Waals surface area contributed by atoms with E-state index in [1.54, 1.807) is 6.92 Å². The first-order chi connectivity index (χ1) is 6.12. The summed E-state index contributed by atoms with van der Waals surface area (Å²) in [5.74, 6) is 0. The molecule has 0 aromatic carbocycles. The molecule has 0 saturated heterocycles. The molecule has 0 spiro atoms. The van der Waals surface area contributed by atoms with Gasteiger partial charge in [-0.25, -0.2) is 8.37 Å². The number of hydrogen-bond donors (Lipinski definition) is 0. The maximum absolute atomic E-state index is 10.8. The Hall–Kier alpha value is 0.870. The zero-order valence-electron chi connectivity index (χ0n) is 8.28. The fourth-order valence-corrected chi connectivity index (χ4v) is 1.55. The van der Waals surface area contributed by atoms with Crippen molar-refractivity contribution in [2.45, 2.75) is 39.5 Å². The van der Waals surface area contributed by atoms with Crippen molar-refractivity contribution in [2.24, 2.45) is 0 Å². The molecule has 0 N–H and O–H groups in total. The fraction of sp³-hybridized carbons (Fsp3) is 1.00. The van der Waals surface area contributed by atoms with E-state index < -0.39 is 10.4 Å². The summed E-state index contributed by atoms with van der Waals surface area (Å²) >= 11 is 0. The SMILES string of the molecule is CCCCCCOS(=O)(=O)OCC.[NaH]. The molecule has 0 heterocycles. The molecule has 0 aliphatic heterocycles. The zero-order chi connectivity index (χ0) is 10.2. The van der Waals surface area contributed by atoms with Gasteiger partial charge in [-0.2, -0.15) is 8.42 Å². The molecular formula is C8H19NaO4S. The van der Waals surface area contributed by atoms with Gasteiger partial charge in [0.05, 0.1) is 13.2 Å². The van der Waals surface area contributed by atoms with Gasteiger partial charge in [-0.15, -0.1) is 0 Å². The topological polar surface area (TPSA) is 52.6 Å². The summed E-state index contributed by atoms with van der Waals surface area (Å²) < 4.78 is 30.6. The van der Waals surface area contributed by atoms with E-state index in [0.717, 1.165) is 25.7 Å². The van der Waals surface area contributed by atoms with Crippen LogP contribution in [-0.2, 0) is 18.8 Å². The molecule has 82 valence electrons. The van der Waals surface area contributed by atoms with E-state index in [1.165, 1.54) is 0 Å². The van der Waals surface area contributed by atoms with Crippen LogP contribution in [0.3, 0.4) is 0 Å². The van der Waals surface area contributed by atoms with Crippen molar-refractivity contribution in [3.8, 4) is 0 Å². The normalized spacial score (nSPS) is 11.0. The Balaban J connectivity index is 0. The van der Waals surface area contributed by atoms with Crippen LogP contribution in [0.4, 0.5) is 0 Å². The molecule has 14 heavy (non-hydrogen) atoms. The van der Waals surface area contributed by atoms with Crippen molar-refractivity contribution in [1.82, 2.24) is 0 Å². The summed E-state index contributed by atoms with van der Waals surface area (Å²) in [6, 6.07) is 0. The van der Waals surface area contributed by atoms with Crippen molar-refractivity contribution in [1.29, 1.82) is 0 Å². The van der Waals surface area contributed by atoms with Gasteiger partial charge in [0.2, 0.25) is 0 Å². The summed E-state index contributed by atoms with van der Waals surface area (Å²) in [7, 11) is -3.72. The second-order valence-corrected chi connectivity index (χ2v) is 3.99. The minimum absolute atomic E-state index is 0. The molecule has 0 unspecified atom stereocenters. The van der Waals surface area contributed by atoms with Gasteiger partial charge >= 0.3 is 40.0 Å². The van der Waals surface area contributed by atoms with E-state index in [1.807, 2.05) is 0 Å². The van der Waals surface area contributed by atoms with Crippen LogP contribution in [-0.4, -0.2) is 51.2 Å². The predicted molar refractivity (Wildman–Crippen MR) is 57.8 cm³/mol. The van der Waals surface area contributed by atoms with E-state index in [2.05, 4.69) is 15.3 Å². The van der Waals surface area contributed by atoms with Crippen LogP contribution in [0, 0.1) is 0 Å². The summed E-state index contributed by atoms with van der Waals surface area (Å²) in [5.41, 5.74) is 0. The molecule has 0 aliphatic carbocycles. The fourth-order valence-electron chi connectivity index (χ4n) is 0.868. The quantitative estimate of drug-likeness (QED) is 0.468. The van der Waals surface area contributed by atoms with Crippen molar-refractivity contribution in [3.63, 3.8) is 0 Å². The Morgan fingerprint density at radius 2 is 1.64 bits per heavy atom. The van der Waals surface area contributed by atoms with Crippen LogP contribution in [0.25, 0.3) is 0 Å². The van der Waals surface area contributed by atoms with E-state index in [0.29, 0.717) is 0 Å². The van der Waals surface area contributed by atoms with E-state index in [9.17, 15) is 8.42 Å². The van der Waals surface area contributed by atoms with E-state index in [-0.39, 0.29) is 42.8 Å². The van der Waals surface area contributed by atoms with Gasteiger partial charge in [0, 0.05) is 0 Å². The number of unbranched alkanes of at least 4 members (excludes halogenated alkanes) is 3. The predicted octanol–water partition coefficient (Wildman–Crippen LogP) is 1.22. The van der Waals surface area contributed by atoms with Crippen molar-refractivity contribution in [2.75, 3.05) is 13.2 Å². The third kappa shape index (κ3) is 10.9. The van der Waals surface area contributed by atoms with Gasteiger partial charge in [0.15, 0.2) is 0 Å². The molecule has 6 heteroatoms. The van der Waals surface area contributed by atoms with Crippen LogP contribution in [0.2, 0.25) is 0 Å². The van der Waals surface area contributed by atoms with Crippen LogP contribution < -0.4 is 0 Å². The first-order valence-electron chi connectivity index (χ1n) is 4.66. The summed E-state index contributed by atoms with van der Waals surface area (Å²) in [5, 5.41) is 0. The molecule has 0 atom stereocenters. The maximum atomic E-state index is 10.8. The second-order valence-electron chi connectivity index (χ2n) is 2.70. The van der Waals surface area contributed by atoms with Gasteiger partial charge in [0.25, 0.3) is 0 Å². The van der Waals surface area contributed by atoms with Gasteiger partial charge in [-0.05, 0) is 13.3 Å². The van der Waals surface area contributed by atoms with Gasteiger partial charge in [0.1, 0.15) is 0 Å². The molecule has 0 aliphatic rings. The molecule has 0 fully saturated rings. The molecule has 0 aromatic heterocycles. The van der Waals surface area contributed by atoms with Crippen LogP contribution in [0.1, 0.15) is 39.5 Å². The Bertz CT molecular complexity index is 203. The molecule has 0 aromatic rings. The average molecular weight is 234 g/mol. The van der Waals surface area contributed by atoms with Crippen molar-refractivity contribution in [3.05, 3.63) is 0 Å². The van der Waals surface area contributed by atoms with Crippen LogP contribution >= 0.6 is 0 Å². The average Bonchev–Trinajstić information content (AvgIpc) is 2.04. The van der Waals surface area contributed by atoms with E-state index >= 15 is 0 Å². The third-order valence-electron chi connectivity index (χ3n) is 1.49. The first kappa shape index (κ1) is 17.3. The van der Waals surface area contributed by atoms with Crippen LogP contribution in [0.15, 0.2) is 0 Å².